The molecule has 0 radical (unpaired) electrons. The van der Waals surface area contributed by atoms with Gasteiger partial charge >= 0.3 is 12.0 Å². The second-order valence-electron chi connectivity index (χ2n) is 3.54. The molecule has 1 aromatic carbocycles. The molecule has 1 aromatic rings. The van der Waals surface area contributed by atoms with E-state index in [4.69, 9.17) is 10.7 Å². The fourth-order valence-electron chi connectivity index (χ4n) is 1.38. The van der Waals surface area contributed by atoms with Crippen molar-refractivity contribution in [2.45, 2.75) is 24.6 Å². The summed E-state index contributed by atoms with van der Waals surface area (Å²) >= 11 is 0. The van der Waals surface area contributed by atoms with Crippen LogP contribution in [0.25, 0.3) is 0 Å². The molecule has 0 aliphatic rings. The average molecular weight is 334 g/mol. The second-order valence-corrected chi connectivity index (χ2v) is 6.07. The van der Waals surface area contributed by atoms with Gasteiger partial charge in [0.15, 0.2) is 0 Å². The van der Waals surface area contributed by atoms with Crippen molar-refractivity contribution in [3.05, 3.63) is 27.8 Å². The Bertz CT molecular complexity index is 644. The lowest BCUT2D eigenvalue weighted by molar-refractivity contribution is -0.389. The number of nitro groups is 1. The average Bonchev–Trinajstić information content (AvgIpc) is 2.25. The Balaban J connectivity index is 3.70. The number of nitro benzene ring substituents is 1. The molecular formula is C9H7ClF3NO5S. The van der Waals surface area contributed by atoms with Crippen molar-refractivity contribution in [2.75, 3.05) is 0 Å². The third-order valence-electron chi connectivity index (χ3n) is 2.18. The molecule has 6 nitrogen and oxygen atoms in total. The first-order valence-corrected chi connectivity index (χ1v) is 7.28. The van der Waals surface area contributed by atoms with Gasteiger partial charge in [0, 0.05) is 16.7 Å². The Morgan fingerprint density at radius 2 is 1.95 bits per heavy atom. The fraction of sp³-hybridized carbons (Fsp3) is 0.333. The van der Waals surface area contributed by atoms with Crippen molar-refractivity contribution in [3.63, 3.8) is 0 Å². The quantitative estimate of drug-likeness (QED) is 0.480. The highest BCUT2D eigenvalue weighted by Crippen LogP contribution is 2.40. The van der Waals surface area contributed by atoms with Crippen LogP contribution in [0.15, 0.2) is 17.0 Å². The van der Waals surface area contributed by atoms with Crippen LogP contribution in [0.5, 0.6) is 5.75 Å². The highest BCUT2D eigenvalue weighted by atomic mass is 35.7. The molecule has 0 aromatic heterocycles. The van der Waals surface area contributed by atoms with Crippen LogP contribution in [-0.4, -0.2) is 19.7 Å². The van der Waals surface area contributed by atoms with Crippen LogP contribution in [0.3, 0.4) is 0 Å². The molecule has 0 N–H and O–H groups in total. The molecule has 0 bridgehead atoms. The molecule has 0 saturated carbocycles. The van der Waals surface area contributed by atoms with Crippen molar-refractivity contribution >= 4 is 25.4 Å². The number of hydrogen-bond acceptors (Lipinski definition) is 5. The van der Waals surface area contributed by atoms with Crippen molar-refractivity contribution in [1.82, 2.24) is 0 Å². The first-order chi connectivity index (χ1) is 8.95. The minimum Gasteiger partial charge on any atom is -0.397 e. The Kier molecular flexibility index (Phi) is 4.49. The summed E-state index contributed by atoms with van der Waals surface area (Å²) in [4.78, 5) is 8.51. The monoisotopic (exact) mass is 333 g/mol. The molecule has 1 rings (SSSR count). The van der Waals surface area contributed by atoms with Crippen LogP contribution >= 0.6 is 10.7 Å². The van der Waals surface area contributed by atoms with Gasteiger partial charge in [-0.15, -0.1) is 13.2 Å². The number of halogens is 4. The summed E-state index contributed by atoms with van der Waals surface area (Å²) in [7, 11) is 0.349. The highest BCUT2D eigenvalue weighted by Gasteiger charge is 2.38. The summed E-state index contributed by atoms with van der Waals surface area (Å²) < 4.78 is 62.8. The van der Waals surface area contributed by atoms with E-state index in [1.807, 2.05) is 0 Å². The number of benzene rings is 1. The van der Waals surface area contributed by atoms with E-state index in [0.29, 0.717) is 0 Å². The molecule has 0 aliphatic heterocycles. The minimum atomic E-state index is -5.30. The lowest BCUT2D eigenvalue weighted by atomic mass is 10.1. The lowest BCUT2D eigenvalue weighted by Crippen LogP contribution is -2.19. The Morgan fingerprint density at radius 1 is 1.40 bits per heavy atom. The third-order valence-corrected chi connectivity index (χ3v) is 3.51. The summed E-state index contributed by atoms with van der Waals surface area (Å²) in [5, 5.41) is 10.8. The van der Waals surface area contributed by atoms with E-state index in [0.717, 1.165) is 12.1 Å². The van der Waals surface area contributed by atoms with Crippen LogP contribution in [0, 0.1) is 10.1 Å². The van der Waals surface area contributed by atoms with Crippen LogP contribution in [0.1, 0.15) is 12.5 Å². The number of rotatable bonds is 4. The van der Waals surface area contributed by atoms with Crippen molar-refractivity contribution in [3.8, 4) is 5.75 Å². The summed E-state index contributed by atoms with van der Waals surface area (Å²) in [6.07, 6.45) is -5.14. The Hall–Kier alpha value is -1.55. The molecule has 0 fully saturated rings. The zero-order valence-corrected chi connectivity index (χ0v) is 11.3. The number of nitrogens with zero attached hydrogens (tertiary/aromatic N) is 1. The molecule has 0 spiro atoms. The summed E-state index contributed by atoms with van der Waals surface area (Å²) in [6.45, 7) is 1.54. The fourth-order valence-corrected chi connectivity index (χ4v) is 2.39. The van der Waals surface area contributed by atoms with Crippen LogP contribution < -0.4 is 4.74 Å². The maximum atomic E-state index is 12.3. The number of aryl methyl sites for hydroxylation is 1. The molecule has 11 heteroatoms. The van der Waals surface area contributed by atoms with Crippen LogP contribution in [0.4, 0.5) is 18.9 Å². The standard InChI is InChI=1S/C9H7ClF3NO5S/c1-2-5-3-6(14(15)16)8(19-9(11,12)13)7(4-5)20(10,17)18/h3-4H,2H2,1H3. The predicted molar refractivity (Wildman–Crippen MR) is 62.2 cm³/mol. The smallest absolute Gasteiger partial charge is 0.397 e. The molecule has 112 valence electrons. The van der Waals surface area contributed by atoms with Gasteiger partial charge < -0.3 is 4.74 Å². The van der Waals surface area contributed by atoms with Gasteiger partial charge in [-0.05, 0) is 18.1 Å². The van der Waals surface area contributed by atoms with Crippen molar-refractivity contribution in [2.24, 2.45) is 0 Å². The lowest BCUT2D eigenvalue weighted by Gasteiger charge is -2.13. The van der Waals surface area contributed by atoms with E-state index >= 15 is 0 Å². The first-order valence-electron chi connectivity index (χ1n) is 4.97. The van der Waals surface area contributed by atoms with Crippen LogP contribution in [-0.2, 0) is 15.5 Å². The van der Waals surface area contributed by atoms with E-state index in [9.17, 15) is 31.7 Å². The largest absolute Gasteiger partial charge is 0.573 e. The normalized spacial score (nSPS) is 12.2. The van der Waals surface area contributed by atoms with Gasteiger partial charge in [0.25, 0.3) is 9.05 Å². The van der Waals surface area contributed by atoms with E-state index in [1.165, 1.54) is 6.92 Å². The SMILES string of the molecule is CCc1cc([N+](=O)[O-])c(OC(F)(F)F)c(S(=O)(=O)Cl)c1. The van der Waals surface area contributed by atoms with E-state index in [2.05, 4.69) is 4.74 Å². The van der Waals surface area contributed by atoms with Crippen LogP contribution in [0.2, 0.25) is 0 Å². The van der Waals surface area contributed by atoms with E-state index in [-0.39, 0.29) is 12.0 Å². The van der Waals surface area contributed by atoms with E-state index in [1.54, 1.807) is 0 Å². The van der Waals surface area contributed by atoms with Gasteiger partial charge in [-0.1, -0.05) is 6.92 Å². The van der Waals surface area contributed by atoms with Gasteiger partial charge in [0.2, 0.25) is 5.75 Å². The molecule has 0 atom stereocenters. The molecule has 0 saturated heterocycles. The molecular weight excluding hydrogens is 327 g/mol. The second kappa shape index (κ2) is 5.44. The zero-order chi connectivity index (χ0) is 15.7. The molecule has 0 aliphatic carbocycles. The zero-order valence-electron chi connectivity index (χ0n) is 9.77. The maximum absolute atomic E-state index is 12.3. The van der Waals surface area contributed by atoms with Crippen molar-refractivity contribution in [1.29, 1.82) is 0 Å². The number of alkyl halides is 3. The highest BCUT2D eigenvalue weighted by molar-refractivity contribution is 8.13. The molecule has 0 amide bonds. The van der Waals surface area contributed by atoms with Gasteiger partial charge in [0.05, 0.1) is 4.92 Å². The molecule has 0 heterocycles. The Morgan fingerprint density at radius 3 is 2.30 bits per heavy atom. The molecule has 0 unspecified atom stereocenters. The van der Waals surface area contributed by atoms with Crippen molar-refractivity contribution < 1.29 is 31.2 Å². The van der Waals surface area contributed by atoms with E-state index < -0.39 is 36.7 Å². The maximum Gasteiger partial charge on any atom is 0.573 e. The topological polar surface area (TPSA) is 86.5 Å². The summed E-state index contributed by atoms with van der Waals surface area (Å²) in [6, 6.07) is 1.60. The number of ether oxygens (including phenoxy) is 1. The summed E-state index contributed by atoms with van der Waals surface area (Å²) in [5.74, 6) is -1.45. The molecule has 20 heavy (non-hydrogen) atoms. The third kappa shape index (κ3) is 3.97. The predicted octanol–water partition coefficient (Wildman–Crippen LogP) is 2.98. The van der Waals surface area contributed by atoms with Gasteiger partial charge in [-0.3, -0.25) is 10.1 Å². The van der Waals surface area contributed by atoms with Gasteiger partial charge in [-0.2, -0.15) is 0 Å². The Labute approximate surface area is 115 Å². The summed E-state index contributed by atoms with van der Waals surface area (Å²) in [5.41, 5.74) is -0.994. The van der Waals surface area contributed by atoms with Gasteiger partial charge in [-0.25, -0.2) is 8.42 Å². The first kappa shape index (κ1) is 16.5. The minimum absolute atomic E-state index is 0.130. The van der Waals surface area contributed by atoms with Gasteiger partial charge in [0.1, 0.15) is 4.90 Å². The number of hydrogen-bond donors (Lipinski definition) is 0.